The first-order valence-corrected chi connectivity index (χ1v) is 22.9. The second-order valence-electron chi connectivity index (χ2n) is 19.2. The number of hydrogen-bond donors (Lipinski definition) is 0. The van der Waals surface area contributed by atoms with Crippen LogP contribution in [0.2, 0.25) is 0 Å². The minimum absolute atomic E-state index is 0.113. The molecule has 320 valence electrons. The lowest BCUT2D eigenvalue weighted by atomic mass is 9.73. The molecule has 8 aromatic carbocycles. The zero-order valence-corrected chi connectivity index (χ0v) is 38.6. The maximum absolute atomic E-state index is 6.92. The van der Waals surface area contributed by atoms with E-state index in [1.54, 1.807) is 0 Å². The average molecular weight is 847 g/mol. The van der Waals surface area contributed by atoms with E-state index in [-0.39, 0.29) is 5.41 Å². The molecule has 65 heavy (non-hydrogen) atoms. The Balaban J connectivity index is 1.32. The summed E-state index contributed by atoms with van der Waals surface area (Å²) in [6.45, 7) is 22.3. The molecule has 11 rings (SSSR count). The maximum Gasteiger partial charge on any atom is 0.159 e. The number of rotatable bonds is 8. The molecule has 4 nitrogen and oxygen atoms in total. The van der Waals surface area contributed by atoms with E-state index in [2.05, 4.69) is 205 Å². The molecule has 0 aliphatic heterocycles. The van der Waals surface area contributed by atoms with Crippen LogP contribution in [0.5, 0.6) is 0 Å². The Morgan fingerprint density at radius 2 is 1.25 bits per heavy atom. The molecule has 4 heteroatoms. The van der Waals surface area contributed by atoms with Crippen molar-refractivity contribution in [3.8, 4) is 0 Å². The maximum atomic E-state index is 6.92. The van der Waals surface area contributed by atoms with E-state index in [1.807, 2.05) is 18.2 Å². The summed E-state index contributed by atoms with van der Waals surface area (Å²) in [6, 6.07) is 48.7. The van der Waals surface area contributed by atoms with Crippen molar-refractivity contribution in [1.29, 1.82) is 0 Å². The number of fused-ring (bicyclic) bond motifs is 4. The Morgan fingerprint density at radius 1 is 0.600 bits per heavy atom. The van der Waals surface area contributed by atoms with Crippen LogP contribution < -0.4 is 15.0 Å². The van der Waals surface area contributed by atoms with E-state index in [1.165, 1.54) is 49.0 Å². The van der Waals surface area contributed by atoms with Crippen LogP contribution in [0.15, 0.2) is 155 Å². The summed E-state index contributed by atoms with van der Waals surface area (Å²) in [5.74, 6) is 1.18. The van der Waals surface area contributed by atoms with Gasteiger partial charge < -0.3 is 18.6 Å². The number of allylic oxidation sites excluding steroid dienone is 1. The minimum Gasteiger partial charge on any atom is -0.454 e. The van der Waals surface area contributed by atoms with Gasteiger partial charge in [0.25, 0.3) is 0 Å². The molecule has 0 N–H and O–H groups in total. The normalized spacial score (nSPS) is 14.2. The van der Waals surface area contributed by atoms with Crippen molar-refractivity contribution >= 4 is 101 Å². The van der Waals surface area contributed by atoms with Gasteiger partial charge >= 0.3 is 0 Å². The van der Waals surface area contributed by atoms with E-state index >= 15 is 0 Å². The Kier molecular flexibility index (Phi) is 9.44. The average Bonchev–Trinajstić information content (AvgIpc) is 3.87. The highest BCUT2D eigenvalue weighted by Gasteiger charge is 2.32. The van der Waals surface area contributed by atoms with Gasteiger partial charge in [-0.15, -0.1) is 0 Å². The van der Waals surface area contributed by atoms with Crippen LogP contribution >= 0.6 is 0 Å². The lowest BCUT2D eigenvalue weighted by Gasteiger charge is -2.35. The van der Waals surface area contributed by atoms with Gasteiger partial charge in [-0.25, -0.2) is 0 Å². The van der Waals surface area contributed by atoms with Gasteiger partial charge in [0.05, 0.1) is 22.8 Å². The Labute approximate surface area is 381 Å². The molecule has 0 amide bonds. The topological polar surface area (TPSA) is 32.8 Å². The van der Waals surface area contributed by atoms with Gasteiger partial charge in [0.2, 0.25) is 0 Å². The second kappa shape index (κ2) is 15.2. The molecule has 1 aliphatic rings. The molecule has 10 aromatic rings. The van der Waals surface area contributed by atoms with Crippen molar-refractivity contribution in [1.82, 2.24) is 0 Å². The third-order valence-electron chi connectivity index (χ3n) is 13.9. The van der Waals surface area contributed by atoms with Crippen LogP contribution in [0.1, 0.15) is 66.8 Å². The van der Waals surface area contributed by atoms with Crippen molar-refractivity contribution in [2.75, 3.05) is 9.80 Å². The first kappa shape index (κ1) is 40.5. The third kappa shape index (κ3) is 6.41. The summed E-state index contributed by atoms with van der Waals surface area (Å²) in [7, 11) is 0. The van der Waals surface area contributed by atoms with E-state index in [0.29, 0.717) is 5.92 Å². The first-order valence-electron chi connectivity index (χ1n) is 22.9. The number of benzene rings is 8. The number of aryl methyl sites for hydroxylation is 4. The Hall–Kier alpha value is -7.30. The molecule has 0 bridgehead atoms. The molecule has 2 heterocycles. The highest BCUT2D eigenvalue weighted by molar-refractivity contribution is 6.23. The highest BCUT2D eigenvalue weighted by Crippen LogP contribution is 2.52. The second-order valence-corrected chi connectivity index (χ2v) is 19.2. The fraction of sp³-hybridized carbons (Fsp3) is 0.180. The Bertz CT molecular complexity index is 3660. The summed E-state index contributed by atoms with van der Waals surface area (Å²) in [4.78, 5) is 4.90. The largest absolute Gasteiger partial charge is 0.454 e. The van der Waals surface area contributed by atoms with Crippen LogP contribution in [0, 0.1) is 39.0 Å². The van der Waals surface area contributed by atoms with Crippen LogP contribution in [0.3, 0.4) is 0 Å². The first-order chi connectivity index (χ1) is 31.4. The summed E-state index contributed by atoms with van der Waals surface area (Å²) >= 11 is 0. The van der Waals surface area contributed by atoms with Crippen molar-refractivity contribution in [2.24, 2.45) is 11.3 Å². The highest BCUT2D eigenvalue weighted by atomic mass is 16.3. The monoisotopic (exact) mass is 846 g/mol. The van der Waals surface area contributed by atoms with Crippen molar-refractivity contribution in [3.05, 3.63) is 190 Å². The molecule has 0 saturated heterocycles. The van der Waals surface area contributed by atoms with Gasteiger partial charge in [-0.3, -0.25) is 0 Å². The molecule has 0 radical (unpaired) electrons. The predicted molar refractivity (Wildman–Crippen MR) is 277 cm³/mol. The van der Waals surface area contributed by atoms with Gasteiger partial charge in [0.15, 0.2) is 11.3 Å². The summed E-state index contributed by atoms with van der Waals surface area (Å²) in [6.07, 6.45) is 7.65. The molecule has 1 atom stereocenters. The van der Waals surface area contributed by atoms with Crippen molar-refractivity contribution in [3.63, 3.8) is 0 Å². The fourth-order valence-corrected chi connectivity index (χ4v) is 10.7. The van der Waals surface area contributed by atoms with Crippen molar-refractivity contribution in [2.45, 2.75) is 61.8 Å². The number of furan rings is 2. The smallest absolute Gasteiger partial charge is 0.159 e. The zero-order valence-electron chi connectivity index (χ0n) is 38.6. The number of para-hydroxylation sites is 3. The molecule has 1 unspecified atom stereocenters. The number of hydrogen-bond acceptors (Lipinski definition) is 4. The van der Waals surface area contributed by atoms with Gasteiger partial charge in [0.1, 0.15) is 11.2 Å². The van der Waals surface area contributed by atoms with Gasteiger partial charge in [-0.1, -0.05) is 154 Å². The standard InChI is InChI=1S/C61H54N2O2/c1-10-43-44-17-12-14-21-55(44)64-59(43)49(11-2)62(50-29-23-36(3)31-38(50)5)53-35-54(48-28-26-41-34-42(61(7,8)9)33-40-25-27-47(53)58(48)57(40)41)63(51-30-24-37(4)32-39(51)6)52-20-16-19-46-45-18-13-15-22-56(45)65-60(46)52/h10-32,34-35,42H,1,33H2,2-9H3/b49-11+. The minimum atomic E-state index is 0.113. The molecule has 2 aromatic heterocycles. The molecule has 0 spiro atoms. The van der Waals surface area contributed by atoms with E-state index in [4.69, 9.17) is 8.83 Å². The summed E-state index contributed by atoms with van der Waals surface area (Å²) in [5.41, 5.74) is 16.0. The molecular weight excluding hydrogens is 793 g/mol. The van der Waals surface area contributed by atoms with Gasteiger partial charge in [-0.05, 0) is 116 Å². The molecule has 1 aliphatic carbocycles. The zero-order chi connectivity index (χ0) is 44.9. The van der Waals surface area contributed by atoms with Gasteiger partial charge in [0, 0.05) is 49.3 Å². The quantitative estimate of drug-likeness (QED) is 0.153. The van der Waals surface area contributed by atoms with E-state index in [0.717, 1.165) is 90.3 Å². The van der Waals surface area contributed by atoms with Crippen LogP contribution in [0.4, 0.5) is 28.4 Å². The SMILES string of the molecule is C=Cc1c(/C(=C\C)N(c2ccc(C)cc2C)c2cc(N(c3ccc(C)cc3C)c3cccc4c3oc3ccccc34)c3ccc4c5c(ccc2c35)CC(C(C)(C)C)C=4)oc2ccccc12. The lowest BCUT2D eigenvalue weighted by Crippen LogP contribution is -2.27. The third-order valence-corrected chi connectivity index (χ3v) is 13.9. The molecule has 0 saturated carbocycles. The molecular formula is C61H54N2O2. The number of anilines is 5. The lowest BCUT2D eigenvalue weighted by molar-refractivity contribution is 0.306. The van der Waals surface area contributed by atoms with Crippen LogP contribution in [0.25, 0.3) is 72.3 Å². The van der Waals surface area contributed by atoms with Gasteiger partial charge in [-0.2, -0.15) is 0 Å². The summed E-state index contributed by atoms with van der Waals surface area (Å²) < 4.78 is 13.8. The van der Waals surface area contributed by atoms with Crippen molar-refractivity contribution < 1.29 is 8.83 Å². The van der Waals surface area contributed by atoms with E-state index < -0.39 is 0 Å². The Morgan fingerprint density at radius 3 is 1.94 bits per heavy atom. The van der Waals surface area contributed by atoms with E-state index in [9.17, 15) is 0 Å². The van der Waals surface area contributed by atoms with Crippen LogP contribution in [-0.4, -0.2) is 0 Å². The predicted octanol–water partition coefficient (Wildman–Crippen LogP) is 16.9. The fourth-order valence-electron chi connectivity index (χ4n) is 10.7. The van der Waals surface area contributed by atoms with Crippen LogP contribution in [-0.2, 0) is 6.42 Å². The number of nitrogens with zero attached hydrogens (tertiary/aromatic N) is 2. The molecule has 0 fully saturated rings. The summed E-state index contributed by atoms with van der Waals surface area (Å²) in [5, 5.41) is 9.44.